The number of aryl methyl sites for hydroxylation is 1. The Kier molecular flexibility index (Phi) is 1.96. The van der Waals surface area contributed by atoms with Crippen LogP contribution in [0.2, 0.25) is 0 Å². The lowest BCUT2D eigenvalue weighted by Crippen LogP contribution is -2.25. The van der Waals surface area contributed by atoms with Crippen LogP contribution in [-0.4, -0.2) is 17.7 Å². The van der Waals surface area contributed by atoms with Crippen LogP contribution in [0.1, 0.15) is 43.9 Å². The van der Waals surface area contributed by atoms with E-state index in [0.717, 1.165) is 0 Å². The molecule has 1 spiro atoms. The smallest absolute Gasteiger partial charge is 0.0274 e. The molecule has 0 aromatic carbocycles. The van der Waals surface area contributed by atoms with Gasteiger partial charge in [0, 0.05) is 30.4 Å². The average molecular weight is 204 g/mol. The Balaban J connectivity index is 2.01. The first-order chi connectivity index (χ1) is 7.21. The SMILES string of the molecule is CC(C)n1cc2c(c1)C1(CCNC1)CC2. The van der Waals surface area contributed by atoms with Crippen LogP contribution in [0, 0.1) is 0 Å². The zero-order valence-corrected chi connectivity index (χ0v) is 9.71. The van der Waals surface area contributed by atoms with Gasteiger partial charge in [0.1, 0.15) is 0 Å². The third-order valence-corrected chi connectivity index (χ3v) is 4.21. The summed E-state index contributed by atoms with van der Waals surface area (Å²) in [5.74, 6) is 0. The van der Waals surface area contributed by atoms with E-state index in [1.165, 1.54) is 32.4 Å². The molecule has 2 heterocycles. The van der Waals surface area contributed by atoms with E-state index in [1.807, 2.05) is 0 Å². The van der Waals surface area contributed by atoms with Gasteiger partial charge in [-0.2, -0.15) is 0 Å². The number of hydrogen-bond acceptors (Lipinski definition) is 1. The summed E-state index contributed by atoms with van der Waals surface area (Å²) in [5.41, 5.74) is 3.74. The molecule has 1 aliphatic carbocycles. The molecule has 1 unspecified atom stereocenters. The topological polar surface area (TPSA) is 17.0 Å². The lowest BCUT2D eigenvalue weighted by atomic mass is 9.82. The summed E-state index contributed by atoms with van der Waals surface area (Å²) in [7, 11) is 0. The molecule has 1 aliphatic heterocycles. The van der Waals surface area contributed by atoms with Gasteiger partial charge in [-0.05, 0) is 50.8 Å². The Morgan fingerprint density at radius 2 is 2.20 bits per heavy atom. The average Bonchev–Trinajstić information content (AvgIpc) is 2.88. The second kappa shape index (κ2) is 3.11. The second-order valence-corrected chi connectivity index (χ2v) is 5.45. The van der Waals surface area contributed by atoms with E-state index < -0.39 is 0 Å². The standard InChI is InChI=1S/C13H20N2/c1-10(2)15-7-11-3-4-13(12(11)8-15)5-6-14-9-13/h7-8,10,14H,3-6,9H2,1-2H3. The molecule has 0 saturated carbocycles. The van der Waals surface area contributed by atoms with Crippen LogP contribution in [0.25, 0.3) is 0 Å². The minimum absolute atomic E-state index is 0.496. The van der Waals surface area contributed by atoms with Gasteiger partial charge in [0.25, 0.3) is 0 Å². The molecule has 1 N–H and O–H groups in total. The fourth-order valence-electron chi connectivity index (χ4n) is 3.19. The maximum absolute atomic E-state index is 3.53. The fraction of sp³-hybridized carbons (Fsp3) is 0.692. The maximum Gasteiger partial charge on any atom is 0.0274 e. The molecule has 1 fully saturated rings. The molecular weight excluding hydrogens is 184 g/mol. The third kappa shape index (κ3) is 1.27. The lowest BCUT2D eigenvalue weighted by molar-refractivity contribution is 0.461. The predicted octanol–water partition coefficient (Wildman–Crippen LogP) is 2.25. The highest BCUT2D eigenvalue weighted by atomic mass is 15.0. The van der Waals surface area contributed by atoms with Crippen molar-refractivity contribution in [2.75, 3.05) is 13.1 Å². The predicted molar refractivity (Wildman–Crippen MR) is 62.3 cm³/mol. The van der Waals surface area contributed by atoms with Crippen LogP contribution < -0.4 is 5.32 Å². The highest BCUT2D eigenvalue weighted by Crippen LogP contribution is 2.43. The Hall–Kier alpha value is -0.760. The van der Waals surface area contributed by atoms with Crippen molar-refractivity contribution in [1.29, 1.82) is 0 Å². The molecular formula is C13H20N2. The summed E-state index contributed by atoms with van der Waals surface area (Å²) >= 11 is 0. The molecule has 0 amide bonds. The molecule has 0 bridgehead atoms. The first kappa shape index (κ1) is 9.46. The van der Waals surface area contributed by atoms with Crippen molar-refractivity contribution in [1.82, 2.24) is 9.88 Å². The molecule has 1 aromatic rings. The van der Waals surface area contributed by atoms with Gasteiger partial charge in [-0.15, -0.1) is 0 Å². The number of nitrogens with one attached hydrogen (secondary N) is 1. The zero-order chi connectivity index (χ0) is 10.5. The van der Waals surface area contributed by atoms with Gasteiger partial charge in [-0.1, -0.05) is 0 Å². The zero-order valence-electron chi connectivity index (χ0n) is 9.71. The molecule has 1 aromatic heterocycles. The van der Waals surface area contributed by atoms with E-state index in [0.29, 0.717) is 11.5 Å². The number of hydrogen-bond donors (Lipinski definition) is 1. The summed E-state index contributed by atoms with van der Waals surface area (Å²) in [6.45, 7) is 6.91. The van der Waals surface area contributed by atoms with Crippen molar-refractivity contribution in [3.05, 3.63) is 23.5 Å². The van der Waals surface area contributed by atoms with Gasteiger partial charge in [-0.25, -0.2) is 0 Å². The summed E-state index contributed by atoms with van der Waals surface area (Å²) in [5, 5.41) is 3.53. The summed E-state index contributed by atoms with van der Waals surface area (Å²) in [6, 6.07) is 0.599. The van der Waals surface area contributed by atoms with Crippen LogP contribution in [0.15, 0.2) is 12.4 Å². The number of aromatic nitrogens is 1. The van der Waals surface area contributed by atoms with E-state index in [4.69, 9.17) is 0 Å². The van der Waals surface area contributed by atoms with E-state index in [1.54, 1.807) is 11.1 Å². The fourth-order valence-corrected chi connectivity index (χ4v) is 3.19. The second-order valence-electron chi connectivity index (χ2n) is 5.45. The van der Waals surface area contributed by atoms with Gasteiger partial charge in [-0.3, -0.25) is 0 Å². The largest absolute Gasteiger partial charge is 0.351 e. The van der Waals surface area contributed by atoms with E-state index in [2.05, 4.69) is 36.1 Å². The summed E-state index contributed by atoms with van der Waals surface area (Å²) < 4.78 is 2.38. The quantitative estimate of drug-likeness (QED) is 0.742. The molecule has 82 valence electrons. The first-order valence-electron chi connectivity index (χ1n) is 6.13. The van der Waals surface area contributed by atoms with Gasteiger partial charge in [0.15, 0.2) is 0 Å². The third-order valence-electron chi connectivity index (χ3n) is 4.21. The van der Waals surface area contributed by atoms with Gasteiger partial charge in [0.05, 0.1) is 0 Å². The van der Waals surface area contributed by atoms with Crippen molar-refractivity contribution in [2.24, 2.45) is 0 Å². The van der Waals surface area contributed by atoms with E-state index >= 15 is 0 Å². The van der Waals surface area contributed by atoms with Crippen LogP contribution in [-0.2, 0) is 11.8 Å². The maximum atomic E-state index is 3.53. The van der Waals surface area contributed by atoms with Crippen LogP contribution in [0.5, 0.6) is 0 Å². The molecule has 1 atom stereocenters. The minimum Gasteiger partial charge on any atom is -0.351 e. The Morgan fingerprint density at radius 1 is 1.33 bits per heavy atom. The van der Waals surface area contributed by atoms with Crippen LogP contribution in [0.4, 0.5) is 0 Å². The Morgan fingerprint density at radius 3 is 2.87 bits per heavy atom. The molecule has 3 rings (SSSR count). The number of rotatable bonds is 1. The van der Waals surface area contributed by atoms with Crippen molar-refractivity contribution in [2.45, 2.75) is 44.6 Å². The molecule has 1 saturated heterocycles. The number of nitrogens with zero attached hydrogens (tertiary/aromatic N) is 1. The van der Waals surface area contributed by atoms with Crippen LogP contribution in [0.3, 0.4) is 0 Å². The molecule has 2 heteroatoms. The van der Waals surface area contributed by atoms with E-state index in [-0.39, 0.29) is 0 Å². The monoisotopic (exact) mass is 204 g/mol. The van der Waals surface area contributed by atoms with Gasteiger partial charge < -0.3 is 9.88 Å². The molecule has 0 radical (unpaired) electrons. The van der Waals surface area contributed by atoms with E-state index in [9.17, 15) is 0 Å². The minimum atomic E-state index is 0.496. The van der Waals surface area contributed by atoms with Gasteiger partial charge in [0.2, 0.25) is 0 Å². The molecule has 2 nitrogen and oxygen atoms in total. The van der Waals surface area contributed by atoms with Crippen LogP contribution >= 0.6 is 0 Å². The van der Waals surface area contributed by atoms with Crippen molar-refractivity contribution >= 4 is 0 Å². The summed E-state index contributed by atoms with van der Waals surface area (Å²) in [6.07, 6.45) is 8.76. The Labute approximate surface area is 91.7 Å². The van der Waals surface area contributed by atoms with Crippen molar-refractivity contribution in [3.63, 3.8) is 0 Å². The lowest BCUT2D eigenvalue weighted by Gasteiger charge is -2.22. The summed E-state index contributed by atoms with van der Waals surface area (Å²) in [4.78, 5) is 0. The Bertz CT molecular complexity index is 370. The van der Waals surface area contributed by atoms with Crippen molar-refractivity contribution in [3.8, 4) is 0 Å². The normalized spacial score (nSPS) is 29.3. The highest BCUT2D eigenvalue weighted by molar-refractivity contribution is 5.39. The highest BCUT2D eigenvalue weighted by Gasteiger charge is 2.41. The first-order valence-corrected chi connectivity index (χ1v) is 6.13. The molecule has 15 heavy (non-hydrogen) atoms. The van der Waals surface area contributed by atoms with Gasteiger partial charge >= 0.3 is 0 Å². The molecule has 2 aliphatic rings. The number of fused-ring (bicyclic) bond motifs is 2. The van der Waals surface area contributed by atoms with Crippen molar-refractivity contribution < 1.29 is 0 Å².